The van der Waals surface area contributed by atoms with Crippen molar-refractivity contribution in [3.8, 4) is 11.5 Å². The number of amides is 1. The normalized spacial score (nSPS) is 12.2. The van der Waals surface area contributed by atoms with Gasteiger partial charge in [-0.15, -0.1) is 0 Å². The lowest BCUT2D eigenvalue weighted by Crippen LogP contribution is -2.12. The highest BCUT2D eigenvalue weighted by Crippen LogP contribution is 2.32. The second-order valence-corrected chi connectivity index (χ2v) is 5.99. The maximum atomic E-state index is 12.0. The molecule has 1 amide bonds. The first kappa shape index (κ1) is 14.2. The Balaban J connectivity index is 1.56. The Morgan fingerprint density at radius 2 is 2.00 bits per heavy atom. The quantitative estimate of drug-likeness (QED) is 0.806. The molecule has 0 saturated carbocycles. The topological polar surface area (TPSA) is 47.6 Å². The third kappa shape index (κ3) is 3.66. The fraction of sp³-hybridized carbons (Fsp3) is 0.188. The highest BCUT2D eigenvalue weighted by Gasteiger charge is 2.13. The molecular formula is C16H14INO3. The molecule has 0 unspecified atom stereocenters. The lowest BCUT2D eigenvalue weighted by molar-refractivity contribution is -0.116. The molecule has 3 rings (SSSR count). The fourth-order valence-corrected chi connectivity index (χ4v) is 2.69. The third-order valence-corrected chi connectivity index (χ3v) is 3.86. The molecule has 2 aromatic rings. The molecule has 0 fully saturated rings. The van der Waals surface area contributed by atoms with Crippen LogP contribution in [0, 0.1) is 3.57 Å². The maximum Gasteiger partial charge on any atom is 0.231 e. The van der Waals surface area contributed by atoms with Gasteiger partial charge in [0.15, 0.2) is 11.5 Å². The van der Waals surface area contributed by atoms with E-state index in [2.05, 4.69) is 27.9 Å². The number of nitrogens with one attached hydrogen (secondary N) is 1. The van der Waals surface area contributed by atoms with Crippen LogP contribution in [-0.2, 0) is 11.2 Å². The molecule has 1 aliphatic rings. The Morgan fingerprint density at radius 3 is 2.86 bits per heavy atom. The van der Waals surface area contributed by atoms with E-state index in [4.69, 9.17) is 9.47 Å². The largest absolute Gasteiger partial charge is 0.454 e. The van der Waals surface area contributed by atoms with Crippen LogP contribution in [0.4, 0.5) is 5.69 Å². The molecule has 108 valence electrons. The zero-order valence-electron chi connectivity index (χ0n) is 11.3. The van der Waals surface area contributed by atoms with Crippen molar-refractivity contribution < 1.29 is 14.3 Å². The summed E-state index contributed by atoms with van der Waals surface area (Å²) in [6.07, 6.45) is 1.11. The molecular weight excluding hydrogens is 381 g/mol. The summed E-state index contributed by atoms with van der Waals surface area (Å²) in [5.74, 6) is 1.53. The molecule has 0 radical (unpaired) electrons. The second-order valence-electron chi connectivity index (χ2n) is 4.75. The minimum absolute atomic E-state index is 0.00895. The summed E-state index contributed by atoms with van der Waals surface area (Å²) in [6.45, 7) is 0.270. The van der Waals surface area contributed by atoms with Gasteiger partial charge in [-0.3, -0.25) is 4.79 Å². The Bertz CT molecular complexity index is 672. The number of carbonyl (C=O) groups is 1. The van der Waals surface area contributed by atoms with E-state index in [1.54, 1.807) is 0 Å². The van der Waals surface area contributed by atoms with Gasteiger partial charge in [-0.2, -0.15) is 0 Å². The van der Waals surface area contributed by atoms with E-state index in [1.807, 2.05) is 42.5 Å². The van der Waals surface area contributed by atoms with Gasteiger partial charge in [0.05, 0.1) is 0 Å². The summed E-state index contributed by atoms with van der Waals surface area (Å²) >= 11 is 2.22. The van der Waals surface area contributed by atoms with Crippen molar-refractivity contribution in [2.24, 2.45) is 0 Å². The number of carbonyl (C=O) groups excluding carboxylic acids is 1. The van der Waals surface area contributed by atoms with Gasteiger partial charge in [-0.1, -0.05) is 12.1 Å². The van der Waals surface area contributed by atoms with Crippen LogP contribution in [0.3, 0.4) is 0 Å². The van der Waals surface area contributed by atoms with Crippen molar-refractivity contribution in [2.45, 2.75) is 12.8 Å². The number of benzene rings is 2. The number of anilines is 1. The molecule has 5 heteroatoms. The maximum absolute atomic E-state index is 12.0. The number of halogens is 1. The molecule has 0 aromatic heterocycles. The molecule has 0 saturated heterocycles. The number of rotatable bonds is 4. The van der Waals surface area contributed by atoms with Crippen molar-refractivity contribution >= 4 is 34.2 Å². The predicted molar refractivity (Wildman–Crippen MR) is 88.7 cm³/mol. The van der Waals surface area contributed by atoms with Gasteiger partial charge in [-0.05, 0) is 64.9 Å². The Labute approximate surface area is 136 Å². The average molecular weight is 395 g/mol. The molecule has 1 heterocycles. The van der Waals surface area contributed by atoms with Gasteiger partial charge in [-0.25, -0.2) is 0 Å². The van der Waals surface area contributed by atoms with E-state index in [0.29, 0.717) is 12.8 Å². The summed E-state index contributed by atoms with van der Waals surface area (Å²) < 4.78 is 11.7. The molecule has 21 heavy (non-hydrogen) atoms. The second kappa shape index (κ2) is 6.34. The first-order chi connectivity index (χ1) is 10.2. The number of fused-ring (bicyclic) bond motifs is 1. The van der Waals surface area contributed by atoms with Crippen LogP contribution < -0.4 is 14.8 Å². The van der Waals surface area contributed by atoms with Gasteiger partial charge < -0.3 is 14.8 Å². The lowest BCUT2D eigenvalue weighted by Gasteiger charge is -2.06. The van der Waals surface area contributed by atoms with Crippen molar-refractivity contribution in [2.75, 3.05) is 12.1 Å². The molecule has 1 aliphatic heterocycles. The minimum Gasteiger partial charge on any atom is -0.454 e. The van der Waals surface area contributed by atoms with E-state index in [9.17, 15) is 4.79 Å². The molecule has 1 N–H and O–H groups in total. The van der Waals surface area contributed by atoms with Gasteiger partial charge in [0.2, 0.25) is 12.7 Å². The smallest absolute Gasteiger partial charge is 0.231 e. The van der Waals surface area contributed by atoms with Crippen molar-refractivity contribution in [3.63, 3.8) is 0 Å². The molecule has 0 spiro atoms. The zero-order chi connectivity index (χ0) is 14.7. The highest BCUT2D eigenvalue weighted by atomic mass is 127. The van der Waals surface area contributed by atoms with Crippen LogP contribution in [0.15, 0.2) is 42.5 Å². The number of hydrogen-bond donors (Lipinski definition) is 1. The number of hydrogen-bond acceptors (Lipinski definition) is 3. The number of ether oxygens (including phenoxy) is 2. The standard InChI is InChI=1S/C16H14INO3/c17-12-2-1-3-13(9-12)18-16(19)7-5-11-4-6-14-15(8-11)21-10-20-14/h1-4,6,8-9H,5,7,10H2,(H,18,19). The van der Waals surface area contributed by atoms with Crippen LogP contribution in [0.5, 0.6) is 11.5 Å². The minimum atomic E-state index is 0.00895. The SMILES string of the molecule is O=C(CCc1ccc2c(c1)OCO2)Nc1cccc(I)c1. The van der Waals surface area contributed by atoms with Crippen molar-refractivity contribution in [3.05, 3.63) is 51.6 Å². The van der Waals surface area contributed by atoms with Gasteiger partial charge in [0.1, 0.15) is 0 Å². The summed E-state index contributed by atoms with van der Waals surface area (Å²) in [4.78, 5) is 12.0. The van der Waals surface area contributed by atoms with E-state index in [1.165, 1.54) is 0 Å². The van der Waals surface area contributed by atoms with Crippen molar-refractivity contribution in [1.82, 2.24) is 0 Å². The Morgan fingerprint density at radius 1 is 1.14 bits per heavy atom. The predicted octanol–water partition coefficient (Wildman–Crippen LogP) is 3.59. The summed E-state index contributed by atoms with van der Waals surface area (Å²) in [7, 11) is 0. The van der Waals surface area contributed by atoms with Crippen LogP contribution in [0.1, 0.15) is 12.0 Å². The molecule has 0 atom stereocenters. The summed E-state index contributed by atoms with van der Waals surface area (Å²) in [5, 5.41) is 2.91. The van der Waals surface area contributed by atoms with Crippen LogP contribution >= 0.6 is 22.6 Å². The van der Waals surface area contributed by atoms with Crippen molar-refractivity contribution in [1.29, 1.82) is 0 Å². The average Bonchev–Trinajstić information content (AvgIpc) is 2.92. The van der Waals surface area contributed by atoms with E-state index in [0.717, 1.165) is 26.3 Å². The third-order valence-electron chi connectivity index (χ3n) is 3.19. The molecule has 0 bridgehead atoms. The molecule has 4 nitrogen and oxygen atoms in total. The van der Waals surface area contributed by atoms with E-state index >= 15 is 0 Å². The fourth-order valence-electron chi connectivity index (χ4n) is 2.14. The highest BCUT2D eigenvalue weighted by molar-refractivity contribution is 14.1. The van der Waals surface area contributed by atoms with Gasteiger partial charge in [0.25, 0.3) is 0 Å². The zero-order valence-corrected chi connectivity index (χ0v) is 13.4. The Kier molecular flexibility index (Phi) is 4.28. The van der Waals surface area contributed by atoms with Gasteiger partial charge >= 0.3 is 0 Å². The number of aryl methyl sites for hydroxylation is 1. The first-order valence-corrected chi connectivity index (χ1v) is 7.72. The van der Waals surface area contributed by atoms with Gasteiger partial charge in [0, 0.05) is 15.7 Å². The van der Waals surface area contributed by atoms with Crippen LogP contribution in [0.25, 0.3) is 0 Å². The lowest BCUT2D eigenvalue weighted by atomic mass is 10.1. The Hall–Kier alpha value is -1.76. The van der Waals surface area contributed by atoms with E-state index in [-0.39, 0.29) is 12.7 Å². The summed E-state index contributed by atoms with van der Waals surface area (Å²) in [5.41, 5.74) is 1.90. The van der Waals surface area contributed by atoms with Crippen LogP contribution in [0.2, 0.25) is 0 Å². The van der Waals surface area contributed by atoms with E-state index < -0.39 is 0 Å². The summed E-state index contributed by atoms with van der Waals surface area (Å²) in [6, 6.07) is 13.5. The molecule has 0 aliphatic carbocycles. The first-order valence-electron chi connectivity index (χ1n) is 6.65. The van der Waals surface area contributed by atoms with Crippen LogP contribution in [-0.4, -0.2) is 12.7 Å². The monoisotopic (exact) mass is 395 g/mol. The molecule has 2 aromatic carbocycles.